The standard InChI is InChI=1S/C29H24N4O3S/c34-25-15-11-22(12-16-25)28-31-32-29(33(28)24-9-5-2-6-10-24)37-20-27(35)30-23-13-17-26(18-14-23)36-19-21-7-3-1-4-8-21/h1-18,34H,19-20H2,(H,30,35). The van der Waals surface area contributed by atoms with Crippen LogP contribution in [0.15, 0.2) is 114 Å². The number of para-hydroxylation sites is 1. The van der Waals surface area contributed by atoms with Crippen molar-refractivity contribution in [2.24, 2.45) is 0 Å². The van der Waals surface area contributed by atoms with Gasteiger partial charge in [0.05, 0.1) is 5.75 Å². The van der Waals surface area contributed by atoms with Crippen LogP contribution in [0, 0.1) is 0 Å². The molecule has 0 bridgehead atoms. The Morgan fingerprint density at radius 3 is 2.22 bits per heavy atom. The molecule has 5 aromatic rings. The Balaban J connectivity index is 1.24. The van der Waals surface area contributed by atoms with Crippen LogP contribution >= 0.6 is 11.8 Å². The molecule has 4 aromatic carbocycles. The van der Waals surface area contributed by atoms with Gasteiger partial charge < -0.3 is 15.2 Å². The molecule has 7 nitrogen and oxygen atoms in total. The van der Waals surface area contributed by atoms with Crippen molar-refractivity contribution in [3.63, 3.8) is 0 Å². The van der Waals surface area contributed by atoms with Crippen molar-refractivity contribution in [1.82, 2.24) is 14.8 Å². The highest BCUT2D eigenvalue weighted by Crippen LogP contribution is 2.29. The maximum atomic E-state index is 12.7. The lowest BCUT2D eigenvalue weighted by Gasteiger charge is -2.11. The van der Waals surface area contributed by atoms with Gasteiger partial charge >= 0.3 is 0 Å². The third kappa shape index (κ3) is 6.17. The van der Waals surface area contributed by atoms with E-state index in [0.717, 1.165) is 22.6 Å². The van der Waals surface area contributed by atoms with Crippen molar-refractivity contribution in [1.29, 1.82) is 0 Å². The van der Waals surface area contributed by atoms with E-state index in [4.69, 9.17) is 4.74 Å². The van der Waals surface area contributed by atoms with Crippen molar-refractivity contribution in [2.75, 3.05) is 11.1 Å². The largest absolute Gasteiger partial charge is 0.508 e. The SMILES string of the molecule is O=C(CSc1nnc(-c2ccc(O)cc2)n1-c1ccccc1)Nc1ccc(OCc2ccccc2)cc1. The van der Waals surface area contributed by atoms with Gasteiger partial charge in [-0.1, -0.05) is 60.3 Å². The first-order valence-electron chi connectivity index (χ1n) is 11.7. The Hall–Kier alpha value is -4.56. The fraction of sp³-hybridized carbons (Fsp3) is 0.0690. The summed E-state index contributed by atoms with van der Waals surface area (Å²) < 4.78 is 7.72. The normalized spacial score (nSPS) is 10.7. The highest BCUT2D eigenvalue weighted by atomic mass is 32.2. The molecule has 8 heteroatoms. The second kappa shape index (κ2) is 11.5. The number of carbonyl (C=O) groups excluding carboxylic acids is 1. The lowest BCUT2D eigenvalue weighted by atomic mass is 10.2. The summed E-state index contributed by atoms with van der Waals surface area (Å²) >= 11 is 1.30. The van der Waals surface area contributed by atoms with Gasteiger partial charge in [0, 0.05) is 16.9 Å². The van der Waals surface area contributed by atoms with Crippen LogP contribution in [0.5, 0.6) is 11.5 Å². The van der Waals surface area contributed by atoms with Gasteiger partial charge in [-0.25, -0.2) is 0 Å². The number of phenols is 1. The molecule has 0 saturated heterocycles. The second-order valence-electron chi connectivity index (χ2n) is 8.16. The van der Waals surface area contributed by atoms with E-state index in [9.17, 15) is 9.90 Å². The van der Waals surface area contributed by atoms with Gasteiger partial charge in [-0.2, -0.15) is 0 Å². The van der Waals surface area contributed by atoms with Crippen LogP contribution in [0.4, 0.5) is 5.69 Å². The molecule has 0 aliphatic heterocycles. The van der Waals surface area contributed by atoms with Crippen LogP contribution in [0.25, 0.3) is 17.1 Å². The van der Waals surface area contributed by atoms with Crippen LogP contribution in [0.3, 0.4) is 0 Å². The lowest BCUT2D eigenvalue weighted by Crippen LogP contribution is -2.14. The zero-order valence-corrected chi connectivity index (χ0v) is 20.6. The molecule has 1 aromatic heterocycles. The first-order valence-corrected chi connectivity index (χ1v) is 12.6. The summed E-state index contributed by atoms with van der Waals surface area (Å²) in [5, 5.41) is 21.9. The molecule has 0 aliphatic carbocycles. The van der Waals surface area contributed by atoms with Crippen molar-refractivity contribution >= 4 is 23.4 Å². The van der Waals surface area contributed by atoms with E-state index in [1.54, 1.807) is 24.3 Å². The monoisotopic (exact) mass is 508 g/mol. The number of hydrogen-bond donors (Lipinski definition) is 2. The number of rotatable bonds is 9. The molecule has 0 unspecified atom stereocenters. The fourth-order valence-corrected chi connectivity index (χ4v) is 4.43. The summed E-state index contributed by atoms with van der Waals surface area (Å²) in [5.41, 5.74) is 3.46. The van der Waals surface area contributed by atoms with Crippen molar-refractivity contribution in [3.8, 4) is 28.6 Å². The summed E-state index contributed by atoms with van der Waals surface area (Å²) in [5.74, 6) is 1.54. The lowest BCUT2D eigenvalue weighted by molar-refractivity contribution is -0.113. The molecule has 184 valence electrons. The number of aromatic hydroxyl groups is 1. The highest BCUT2D eigenvalue weighted by Gasteiger charge is 2.17. The average molecular weight is 509 g/mol. The smallest absolute Gasteiger partial charge is 0.234 e. The molecule has 0 fully saturated rings. The number of benzene rings is 4. The maximum absolute atomic E-state index is 12.7. The van der Waals surface area contributed by atoms with Crippen molar-refractivity contribution in [2.45, 2.75) is 11.8 Å². The van der Waals surface area contributed by atoms with Crippen LogP contribution in [0.1, 0.15) is 5.56 Å². The topological polar surface area (TPSA) is 89.3 Å². The van der Waals surface area contributed by atoms with Gasteiger partial charge in [-0.05, 0) is 66.2 Å². The molecule has 0 aliphatic rings. The summed E-state index contributed by atoms with van der Waals surface area (Å²) in [6.07, 6.45) is 0. The Labute approximate surface area is 218 Å². The Morgan fingerprint density at radius 2 is 1.51 bits per heavy atom. The van der Waals surface area contributed by atoms with E-state index in [0.29, 0.717) is 23.3 Å². The minimum Gasteiger partial charge on any atom is -0.508 e. The van der Waals surface area contributed by atoms with Crippen molar-refractivity contribution < 1.29 is 14.6 Å². The second-order valence-corrected chi connectivity index (χ2v) is 9.10. The number of ether oxygens (including phenoxy) is 1. The molecular formula is C29H24N4O3S. The third-order valence-corrected chi connectivity index (χ3v) is 6.42. The quantitative estimate of drug-likeness (QED) is 0.239. The maximum Gasteiger partial charge on any atom is 0.234 e. The number of carbonyl (C=O) groups is 1. The first-order chi connectivity index (χ1) is 18.2. The average Bonchev–Trinajstić information content (AvgIpc) is 3.37. The Morgan fingerprint density at radius 1 is 0.838 bits per heavy atom. The highest BCUT2D eigenvalue weighted by molar-refractivity contribution is 7.99. The van der Waals surface area contributed by atoms with Gasteiger partial charge in [0.25, 0.3) is 0 Å². The number of nitrogens with one attached hydrogen (secondary N) is 1. The zero-order chi connectivity index (χ0) is 25.5. The minimum atomic E-state index is -0.156. The van der Waals surface area contributed by atoms with E-state index < -0.39 is 0 Å². The summed E-state index contributed by atoms with van der Waals surface area (Å²) in [7, 11) is 0. The molecule has 0 atom stereocenters. The van der Waals surface area contributed by atoms with Gasteiger partial charge in [0.2, 0.25) is 5.91 Å². The predicted molar refractivity (Wildman–Crippen MR) is 145 cm³/mol. The van der Waals surface area contributed by atoms with Gasteiger partial charge in [-0.15, -0.1) is 10.2 Å². The van der Waals surface area contributed by atoms with Crippen molar-refractivity contribution in [3.05, 3.63) is 115 Å². The fourth-order valence-electron chi connectivity index (χ4n) is 3.67. The molecular weight excluding hydrogens is 484 g/mol. The van der Waals surface area contributed by atoms with E-state index in [2.05, 4.69) is 15.5 Å². The molecule has 2 N–H and O–H groups in total. The third-order valence-electron chi connectivity index (χ3n) is 5.49. The summed E-state index contributed by atoms with van der Waals surface area (Å²) in [4.78, 5) is 12.7. The Kier molecular flexibility index (Phi) is 7.47. The van der Waals surface area contributed by atoms with Gasteiger partial charge in [-0.3, -0.25) is 9.36 Å². The number of anilines is 1. The number of thioether (sulfide) groups is 1. The first kappa shape index (κ1) is 24.1. The molecule has 5 rings (SSSR count). The number of nitrogens with zero attached hydrogens (tertiary/aromatic N) is 3. The van der Waals surface area contributed by atoms with Crippen LogP contribution < -0.4 is 10.1 Å². The minimum absolute atomic E-state index is 0.156. The van der Waals surface area contributed by atoms with E-state index in [1.807, 2.05) is 89.5 Å². The number of aromatic nitrogens is 3. The van der Waals surface area contributed by atoms with Crippen LogP contribution in [0.2, 0.25) is 0 Å². The van der Waals surface area contributed by atoms with Crippen LogP contribution in [-0.4, -0.2) is 31.5 Å². The predicted octanol–water partition coefficient (Wildman–Crippen LogP) is 5.95. The number of phenolic OH excluding ortho intramolecular Hbond substituents is 1. The van der Waals surface area contributed by atoms with E-state index in [-0.39, 0.29) is 17.4 Å². The Bertz CT molecular complexity index is 1460. The van der Waals surface area contributed by atoms with E-state index >= 15 is 0 Å². The summed E-state index contributed by atoms with van der Waals surface area (Å²) in [6, 6.07) is 33.8. The van der Waals surface area contributed by atoms with Gasteiger partial charge in [0.15, 0.2) is 11.0 Å². The molecule has 0 saturated carbocycles. The van der Waals surface area contributed by atoms with Crippen LogP contribution in [-0.2, 0) is 11.4 Å². The molecule has 1 heterocycles. The molecule has 0 radical (unpaired) electrons. The van der Waals surface area contributed by atoms with E-state index in [1.165, 1.54) is 11.8 Å². The number of amides is 1. The zero-order valence-electron chi connectivity index (χ0n) is 19.8. The van der Waals surface area contributed by atoms with Gasteiger partial charge in [0.1, 0.15) is 18.1 Å². The summed E-state index contributed by atoms with van der Waals surface area (Å²) in [6.45, 7) is 0.484. The number of hydrogen-bond acceptors (Lipinski definition) is 6. The molecule has 37 heavy (non-hydrogen) atoms. The molecule has 0 spiro atoms. The molecule has 1 amide bonds.